The van der Waals surface area contributed by atoms with E-state index in [1.165, 1.54) is 13.0 Å². The topological polar surface area (TPSA) is 46.5 Å². The molecule has 0 aromatic carbocycles. The van der Waals surface area contributed by atoms with Crippen molar-refractivity contribution in [3.8, 4) is 0 Å². The van der Waals surface area contributed by atoms with Crippen LogP contribution in [0.25, 0.3) is 0 Å². The van der Waals surface area contributed by atoms with E-state index >= 15 is 0 Å². The molecule has 0 heterocycles. The molecule has 0 fully saturated rings. The van der Waals surface area contributed by atoms with Crippen LogP contribution in [0.5, 0.6) is 0 Å². The van der Waals surface area contributed by atoms with Crippen LogP contribution in [-0.2, 0) is 9.22 Å². The molecule has 0 radical (unpaired) electrons. The van der Waals surface area contributed by atoms with E-state index in [2.05, 4.69) is 19.6 Å². The Bertz CT molecular complexity index is 203. The van der Waals surface area contributed by atoms with E-state index in [1.54, 1.807) is 0 Å². The highest BCUT2D eigenvalue weighted by molar-refractivity contribution is 6.69. The van der Waals surface area contributed by atoms with Gasteiger partial charge in [0.2, 0.25) is 0 Å². The molecule has 0 saturated carbocycles. The van der Waals surface area contributed by atoms with Gasteiger partial charge in [-0.3, -0.25) is 4.79 Å². The number of hydrogen-bond donors (Lipinski definition) is 1. The first-order valence-electron chi connectivity index (χ1n) is 4.35. The third-order valence-corrected chi connectivity index (χ3v) is 2.33. The SMILES string of the molecule is CC(=O)C=C(O)CCO[Si](C)(C)C. The molecule has 13 heavy (non-hydrogen) atoms. The first-order chi connectivity index (χ1) is 5.81. The molecular weight excluding hydrogens is 184 g/mol. The van der Waals surface area contributed by atoms with Crippen molar-refractivity contribution in [3.05, 3.63) is 11.8 Å². The number of allylic oxidation sites excluding steroid dienone is 1. The van der Waals surface area contributed by atoms with Crippen LogP contribution in [0.3, 0.4) is 0 Å². The molecule has 76 valence electrons. The predicted octanol–water partition coefficient (Wildman–Crippen LogP) is 2.26. The summed E-state index contributed by atoms with van der Waals surface area (Å²) in [6.07, 6.45) is 1.65. The number of hydrogen-bond acceptors (Lipinski definition) is 3. The van der Waals surface area contributed by atoms with Crippen molar-refractivity contribution in [2.24, 2.45) is 0 Å². The second-order valence-corrected chi connectivity index (χ2v) is 8.47. The van der Waals surface area contributed by atoms with E-state index in [1.807, 2.05) is 0 Å². The Balaban J connectivity index is 3.72. The fourth-order valence-electron chi connectivity index (χ4n) is 0.769. The summed E-state index contributed by atoms with van der Waals surface area (Å²) < 4.78 is 5.51. The monoisotopic (exact) mass is 202 g/mol. The minimum atomic E-state index is -1.49. The van der Waals surface area contributed by atoms with Crippen molar-refractivity contribution in [1.29, 1.82) is 0 Å². The molecule has 0 aliphatic heterocycles. The van der Waals surface area contributed by atoms with Crippen LogP contribution in [0.15, 0.2) is 11.8 Å². The zero-order chi connectivity index (χ0) is 10.5. The van der Waals surface area contributed by atoms with Gasteiger partial charge in [-0.05, 0) is 26.6 Å². The van der Waals surface area contributed by atoms with Gasteiger partial charge in [-0.15, -0.1) is 0 Å². The van der Waals surface area contributed by atoms with Crippen LogP contribution >= 0.6 is 0 Å². The Hall–Kier alpha value is -0.613. The predicted molar refractivity (Wildman–Crippen MR) is 55.3 cm³/mol. The minimum Gasteiger partial charge on any atom is -0.512 e. The lowest BCUT2D eigenvalue weighted by atomic mass is 10.3. The quantitative estimate of drug-likeness (QED) is 0.422. The van der Waals surface area contributed by atoms with Crippen LogP contribution in [0, 0.1) is 0 Å². The normalized spacial score (nSPS) is 13.1. The number of carbonyl (C=O) groups excluding carboxylic acids is 1. The van der Waals surface area contributed by atoms with Crippen molar-refractivity contribution in [2.45, 2.75) is 33.0 Å². The second-order valence-electron chi connectivity index (χ2n) is 3.96. The van der Waals surface area contributed by atoms with Gasteiger partial charge in [-0.2, -0.15) is 0 Å². The van der Waals surface area contributed by atoms with Crippen molar-refractivity contribution in [2.75, 3.05) is 6.61 Å². The Morgan fingerprint density at radius 1 is 1.46 bits per heavy atom. The summed E-state index contributed by atoms with van der Waals surface area (Å²) in [6.45, 7) is 8.15. The Kier molecular flexibility index (Phi) is 4.94. The zero-order valence-electron chi connectivity index (χ0n) is 8.76. The summed E-state index contributed by atoms with van der Waals surface area (Å²) in [5.74, 6) is -0.0312. The van der Waals surface area contributed by atoms with E-state index in [-0.39, 0.29) is 11.5 Å². The minimum absolute atomic E-state index is 0.103. The fraction of sp³-hybridized carbons (Fsp3) is 0.667. The molecule has 0 spiro atoms. The molecule has 0 bridgehead atoms. The van der Waals surface area contributed by atoms with Gasteiger partial charge in [-0.1, -0.05) is 0 Å². The van der Waals surface area contributed by atoms with Crippen LogP contribution in [-0.4, -0.2) is 25.8 Å². The lowest BCUT2D eigenvalue weighted by Gasteiger charge is -2.16. The largest absolute Gasteiger partial charge is 0.512 e. The summed E-state index contributed by atoms with van der Waals surface area (Å²) in [6, 6.07) is 0. The lowest BCUT2D eigenvalue weighted by Crippen LogP contribution is -2.25. The van der Waals surface area contributed by atoms with Crippen LogP contribution < -0.4 is 0 Å². The average Bonchev–Trinajstić information content (AvgIpc) is 1.81. The summed E-state index contributed by atoms with van der Waals surface area (Å²) >= 11 is 0. The zero-order valence-corrected chi connectivity index (χ0v) is 9.76. The highest BCUT2D eigenvalue weighted by Gasteiger charge is 2.13. The Morgan fingerprint density at radius 3 is 2.38 bits per heavy atom. The van der Waals surface area contributed by atoms with Crippen molar-refractivity contribution in [1.82, 2.24) is 0 Å². The van der Waals surface area contributed by atoms with E-state index < -0.39 is 8.32 Å². The molecule has 0 aliphatic rings. The summed E-state index contributed by atoms with van der Waals surface area (Å²) in [4.78, 5) is 10.5. The molecule has 0 rings (SSSR count). The molecule has 3 nitrogen and oxygen atoms in total. The summed E-state index contributed by atoms with van der Waals surface area (Å²) in [5.41, 5.74) is 0. The highest BCUT2D eigenvalue weighted by Crippen LogP contribution is 2.05. The molecular formula is C9H18O3Si. The Labute approximate surface area is 80.5 Å². The molecule has 0 aliphatic carbocycles. The van der Waals surface area contributed by atoms with Gasteiger partial charge in [-0.25, -0.2) is 0 Å². The number of carbonyl (C=O) groups is 1. The third-order valence-electron chi connectivity index (χ3n) is 1.26. The maximum atomic E-state index is 10.5. The number of aliphatic hydroxyl groups is 1. The molecule has 0 aromatic rings. The van der Waals surface area contributed by atoms with E-state index in [0.29, 0.717) is 13.0 Å². The third kappa shape index (κ3) is 9.30. The first-order valence-corrected chi connectivity index (χ1v) is 7.76. The van der Waals surface area contributed by atoms with Gasteiger partial charge in [0.15, 0.2) is 14.1 Å². The Morgan fingerprint density at radius 2 is 2.00 bits per heavy atom. The smallest absolute Gasteiger partial charge is 0.183 e. The molecule has 4 heteroatoms. The van der Waals surface area contributed by atoms with E-state index in [0.717, 1.165) is 0 Å². The highest BCUT2D eigenvalue weighted by atomic mass is 28.4. The van der Waals surface area contributed by atoms with E-state index in [4.69, 9.17) is 4.43 Å². The van der Waals surface area contributed by atoms with Crippen molar-refractivity contribution >= 4 is 14.1 Å². The lowest BCUT2D eigenvalue weighted by molar-refractivity contribution is -0.112. The van der Waals surface area contributed by atoms with Gasteiger partial charge in [0.05, 0.1) is 5.76 Å². The summed E-state index contributed by atoms with van der Waals surface area (Å²) in [5, 5.41) is 9.19. The van der Waals surface area contributed by atoms with E-state index in [9.17, 15) is 9.90 Å². The first kappa shape index (κ1) is 12.4. The van der Waals surface area contributed by atoms with Crippen molar-refractivity contribution in [3.63, 3.8) is 0 Å². The van der Waals surface area contributed by atoms with Crippen LogP contribution in [0.2, 0.25) is 19.6 Å². The molecule has 0 aromatic heterocycles. The van der Waals surface area contributed by atoms with Gasteiger partial charge in [0.1, 0.15) is 0 Å². The average molecular weight is 202 g/mol. The fourth-order valence-corrected chi connectivity index (χ4v) is 1.48. The maximum Gasteiger partial charge on any atom is 0.183 e. The van der Waals surface area contributed by atoms with Crippen LogP contribution in [0.4, 0.5) is 0 Å². The molecule has 0 saturated heterocycles. The standard InChI is InChI=1S/C9H18O3Si/c1-8(10)7-9(11)5-6-12-13(2,3)4/h7,11H,5-6H2,1-4H3. The van der Waals surface area contributed by atoms with Gasteiger partial charge in [0, 0.05) is 19.1 Å². The van der Waals surface area contributed by atoms with Gasteiger partial charge < -0.3 is 9.53 Å². The molecule has 0 unspecified atom stereocenters. The van der Waals surface area contributed by atoms with Crippen LogP contribution in [0.1, 0.15) is 13.3 Å². The summed E-state index contributed by atoms with van der Waals surface area (Å²) in [7, 11) is -1.49. The van der Waals surface area contributed by atoms with Gasteiger partial charge in [0.25, 0.3) is 0 Å². The number of rotatable bonds is 5. The van der Waals surface area contributed by atoms with Gasteiger partial charge >= 0.3 is 0 Å². The molecule has 0 atom stereocenters. The molecule has 0 amide bonds. The number of ketones is 1. The molecule has 1 N–H and O–H groups in total. The maximum absolute atomic E-state index is 10.5. The van der Waals surface area contributed by atoms with Crippen molar-refractivity contribution < 1.29 is 14.3 Å². The second kappa shape index (κ2) is 5.19. The number of aliphatic hydroxyl groups excluding tert-OH is 1.